The lowest BCUT2D eigenvalue weighted by atomic mass is 10.1. The van der Waals surface area contributed by atoms with Crippen molar-refractivity contribution in [3.8, 4) is 0 Å². The first kappa shape index (κ1) is 13.1. The smallest absolute Gasteiger partial charge is 0.358 e. The van der Waals surface area contributed by atoms with Crippen molar-refractivity contribution in [1.82, 2.24) is 4.98 Å². The number of carbonyl (C=O) groups excluding carboxylic acids is 1. The zero-order chi connectivity index (χ0) is 12.3. The number of aromatic nitrogens is 1. The maximum Gasteiger partial charge on any atom is 0.358 e. The van der Waals surface area contributed by atoms with Crippen LogP contribution >= 0.6 is 11.3 Å². The highest BCUT2D eigenvalue weighted by atomic mass is 32.1. The minimum Gasteiger partial charge on any atom is -0.461 e. The third kappa shape index (κ3) is 2.80. The number of thiazole rings is 1. The fourth-order valence-electron chi connectivity index (χ4n) is 1.23. The van der Waals surface area contributed by atoms with Gasteiger partial charge in [-0.2, -0.15) is 0 Å². The van der Waals surface area contributed by atoms with Crippen molar-refractivity contribution in [1.29, 1.82) is 0 Å². The van der Waals surface area contributed by atoms with Gasteiger partial charge in [0.15, 0.2) is 5.69 Å². The zero-order valence-corrected chi connectivity index (χ0v) is 10.9. The first-order chi connectivity index (χ1) is 7.47. The molecule has 0 amide bonds. The molecule has 1 aromatic rings. The molecule has 5 heteroatoms. The minimum atomic E-state index is -0.363. The Balaban J connectivity index is 2.93. The van der Waals surface area contributed by atoms with Gasteiger partial charge in [0.1, 0.15) is 5.01 Å². The largest absolute Gasteiger partial charge is 0.461 e. The summed E-state index contributed by atoms with van der Waals surface area (Å²) in [5.74, 6) is -0.0564. The minimum absolute atomic E-state index is 0.119. The van der Waals surface area contributed by atoms with Crippen LogP contribution in [0, 0.1) is 12.8 Å². The van der Waals surface area contributed by atoms with Gasteiger partial charge in [0.25, 0.3) is 0 Å². The van der Waals surface area contributed by atoms with Crippen LogP contribution in [0.1, 0.15) is 47.2 Å². The highest BCUT2D eigenvalue weighted by Crippen LogP contribution is 2.26. The maximum absolute atomic E-state index is 11.6. The fraction of sp³-hybridized carbons (Fsp3) is 0.636. The van der Waals surface area contributed by atoms with Crippen molar-refractivity contribution in [3.05, 3.63) is 15.6 Å². The summed E-state index contributed by atoms with van der Waals surface area (Å²) in [6.07, 6.45) is 0. The van der Waals surface area contributed by atoms with Gasteiger partial charge in [-0.25, -0.2) is 9.78 Å². The third-order valence-corrected chi connectivity index (χ3v) is 3.36. The van der Waals surface area contributed by atoms with Gasteiger partial charge in [-0.05, 0) is 19.8 Å². The van der Waals surface area contributed by atoms with Gasteiger partial charge in [-0.15, -0.1) is 11.3 Å². The second-order valence-corrected chi connectivity index (χ2v) is 5.18. The number of hydrogen-bond acceptors (Lipinski definition) is 5. The fourth-order valence-corrected chi connectivity index (χ4v) is 2.32. The van der Waals surface area contributed by atoms with Gasteiger partial charge < -0.3 is 10.5 Å². The molecular formula is C11H18N2O2S. The molecule has 16 heavy (non-hydrogen) atoms. The highest BCUT2D eigenvalue weighted by Gasteiger charge is 2.21. The lowest BCUT2D eigenvalue weighted by molar-refractivity contribution is 0.0519. The summed E-state index contributed by atoms with van der Waals surface area (Å²) in [5, 5.41) is 0.801. The van der Waals surface area contributed by atoms with Gasteiger partial charge in [0, 0.05) is 4.88 Å². The summed E-state index contributed by atoms with van der Waals surface area (Å²) in [5.41, 5.74) is 6.39. The molecule has 0 aromatic carbocycles. The van der Waals surface area contributed by atoms with Crippen LogP contribution in [0.3, 0.4) is 0 Å². The Kier molecular flexibility index (Phi) is 4.44. The molecule has 90 valence electrons. The van der Waals surface area contributed by atoms with E-state index >= 15 is 0 Å². The van der Waals surface area contributed by atoms with E-state index in [-0.39, 0.29) is 12.0 Å². The van der Waals surface area contributed by atoms with Crippen molar-refractivity contribution in [2.75, 3.05) is 6.61 Å². The number of aryl methyl sites for hydroxylation is 1. The Morgan fingerprint density at radius 3 is 2.69 bits per heavy atom. The SMILES string of the molecule is CCOC(=O)c1nc(C(N)C(C)C)sc1C. The van der Waals surface area contributed by atoms with E-state index in [2.05, 4.69) is 4.98 Å². The van der Waals surface area contributed by atoms with Crippen LogP contribution in [0.4, 0.5) is 0 Å². The molecule has 1 unspecified atom stereocenters. The van der Waals surface area contributed by atoms with Gasteiger partial charge in [-0.3, -0.25) is 0 Å². The number of hydrogen-bond donors (Lipinski definition) is 1. The first-order valence-corrected chi connectivity index (χ1v) is 6.19. The Morgan fingerprint density at radius 1 is 1.56 bits per heavy atom. The summed E-state index contributed by atoms with van der Waals surface area (Å²) < 4.78 is 4.93. The second-order valence-electron chi connectivity index (χ2n) is 3.95. The Morgan fingerprint density at radius 2 is 2.19 bits per heavy atom. The molecule has 1 heterocycles. The molecule has 0 spiro atoms. The monoisotopic (exact) mass is 242 g/mol. The van der Waals surface area contributed by atoms with Crippen molar-refractivity contribution >= 4 is 17.3 Å². The van der Waals surface area contributed by atoms with E-state index in [1.54, 1.807) is 6.92 Å². The molecule has 0 radical (unpaired) electrons. The third-order valence-electron chi connectivity index (χ3n) is 2.29. The van der Waals surface area contributed by atoms with Crippen LogP contribution in [0.25, 0.3) is 0 Å². The van der Waals surface area contributed by atoms with Gasteiger partial charge in [0.2, 0.25) is 0 Å². The quantitative estimate of drug-likeness (QED) is 0.823. The highest BCUT2D eigenvalue weighted by molar-refractivity contribution is 7.11. The molecule has 1 atom stereocenters. The molecule has 1 rings (SSSR count). The summed E-state index contributed by atoms with van der Waals surface area (Å²) in [7, 11) is 0. The van der Waals surface area contributed by atoms with Crippen LogP contribution in [0.5, 0.6) is 0 Å². The van der Waals surface area contributed by atoms with Gasteiger partial charge >= 0.3 is 5.97 Å². The molecule has 0 saturated carbocycles. The topological polar surface area (TPSA) is 65.2 Å². The van der Waals surface area contributed by atoms with E-state index in [1.807, 2.05) is 20.8 Å². The molecule has 0 aliphatic carbocycles. The van der Waals surface area contributed by atoms with Crippen LogP contribution in [0.2, 0.25) is 0 Å². The van der Waals surface area contributed by atoms with Crippen molar-refractivity contribution in [3.63, 3.8) is 0 Å². The van der Waals surface area contributed by atoms with E-state index in [1.165, 1.54) is 11.3 Å². The normalized spacial score (nSPS) is 12.9. The number of carbonyl (C=O) groups is 1. The first-order valence-electron chi connectivity index (χ1n) is 5.37. The molecule has 0 fully saturated rings. The molecule has 0 aliphatic heterocycles. The van der Waals surface area contributed by atoms with E-state index in [0.717, 1.165) is 9.88 Å². The van der Waals surface area contributed by atoms with Gasteiger partial charge in [0.05, 0.1) is 12.6 Å². The Hall–Kier alpha value is -0.940. The summed E-state index contributed by atoms with van der Waals surface area (Å²) >= 11 is 1.47. The van der Waals surface area contributed by atoms with Crippen LogP contribution in [-0.2, 0) is 4.74 Å². The number of rotatable bonds is 4. The number of esters is 1. The maximum atomic E-state index is 11.6. The van der Waals surface area contributed by atoms with Crippen LogP contribution in [-0.4, -0.2) is 17.6 Å². The molecule has 0 bridgehead atoms. The van der Waals surface area contributed by atoms with Crippen LogP contribution in [0.15, 0.2) is 0 Å². The summed E-state index contributed by atoms with van der Waals surface area (Å²) in [6.45, 7) is 8.07. The molecule has 4 nitrogen and oxygen atoms in total. The lowest BCUT2D eigenvalue weighted by Crippen LogP contribution is -2.17. The predicted molar refractivity (Wildman–Crippen MR) is 64.6 cm³/mol. The molecule has 1 aromatic heterocycles. The van der Waals surface area contributed by atoms with E-state index in [4.69, 9.17) is 10.5 Å². The number of ether oxygens (including phenoxy) is 1. The second kappa shape index (κ2) is 5.41. The molecular weight excluding hydrogens is 224 g/mol. The molecule has 0 aliphatic rings. The molecule has 2 N–H and O–H groups in total. The zero-order valence-electron chi connectivity index (χ0n) is 10.1. The number of nitrogens with zero attached hydrogens (tertiary/aromatic N) is 1. The Bertz CT molecular complexity index is 374. The number of nitrogens with two attached hydrogens (primary N) is 1. The predicted octanol–water partition coefficient (Wildman–Crippen LogP) is 2.28. The lowest BCUT2D eigenvalue weighted by Gasteiger charge is -2.11. The van der Waals surface area contributed by atoms with Crippen molar-refractivity contribution in [2.24, 2.45) is 11.7 Å². The average molecular weight is 242 g/mol. The average Bonchev–Trinajstić information content (AvgIpc) is 2.59. The van der Waals surface area contributed by atoms with Crippen molar-refractivity contribution in [2.45, 2.75) is 33.7 Å². The summed E-state index contributed by atoms with van der Waals surface area (Å²) in [6, 6.07) is -0.119. The van der Waals surface area contributed by atoms with E-state index in [9.17, 15) is 4.79 Å². The van der Waals surface area contributed by atoms with E-state index < -0.39 is 0 Å². The Labute approximate surface area is 99.8 Å². The molecule has 0 saturated heterocycles. The van der Waals surface area contributed by atoms with E-state index in [0.29, 0.717) is 18.2 Å². The van der Waals surface area contributed by atoms with Crippen LogP contribution < -0.4 is 5.73 Å². The summed E-state index contributed by atoms with van der Waals surface area (Å²) in [4.78, 5) is 16.7. The van der Waals surface area contributed by atoms with Crippen molar-refractivity contribution < 1.29 is 9.53 Å². The van der Waals surface area contributed by atoms with Gasteiger partial charge in [-0.1, -0.05) is 13.8 Å². The standard InChI is InChI=1S/C11H18N2O2S/c1-5-15-11(14)9-7(4)16-10(13-9)8(12)6(2)3/h6,8H,5,12H2,1-4H3.